The van der Waals surface area contributed by atoms with Crippen LogP contribution < -0.4 is 0 Å². The van der Waals surface area contributed by atoms with Gasteiger partial charge < -0.3 is 14.2 Å². The highest BCUT2D eigenvalue weighted by atomic mass is 32.2. The van der Waals surface area contributed by atoms with Crippen molar-refractivity contribution in [2.45, 2.75) is 89.3 Å². The van der Waals surface area contributed by atoms with E-state index in [2.05, 4.69) is 12.5 Å². The fraction of sp³-hybridized carbons (Fsp3) is 0.514. The van der Waals surface area contributed by atoms with Crippen LogP contribution in [0.2, 0.25) is 0 Å². The van der Waals surface area contributed by atoms with Crippen LogP contribution >= 0.6 is 0 Å². The second-order valence-electron chi connectivity index (χ2n) is 14.5. The molecule has 0 amide bonds. The van der Waals surface area contributed by atoms with Crippen molar-refractivity contribution in [1.82, 2.24) is 8.61 Å². The van der Waals surface area contributed by atoms with Gasteiger partial charge in [0.2, 0.25) is 20.0 Å². The second kappa shape index (κ2) is 20.0. The van der Waals surface area contributed by atoms with Crippen molar-refractivity contribution in [2.24, 2.45) is 0 Å². The number of hydrogen-bond donors (Lipinski definition) is 0. The Balaban J connectivity index is 1.88. The van der Waals surface area contributed by atoms with E-state index in [9.17, 15) is 102 Å². The van der Waals surface area contributed by atoms with E-state index in [-0.39, 0.29) is 4.31 Å². The Kier molecular flexibility index (Phi) is 17.0. The molecule has 3 rings (SSSR count). The molecule has 3 atom stereocenters. The van der Waals surface area contributed by atoms with Gasteiger partial charge >= 0.3 is 47.6 Å². The first-order valence-electron chi connectivity index (χ1n) is 18.3. The lowest BCUT2D eigenvalue weighted by atomic mass is 9.88. The number of benzene rings is 2. The molecule has 12 nitrogen and oxygen atoms in total. The maximum atomic E-state index is 15.0. The number of alkyl halides is 17. The van der Waals surface area contributed by atoms with E-state index in [1.807, 2.05) is 0 Å². The van der Waals surface area contributed by atoms with Gasteiger partial charge in [-0.15, -0.1) is 6.42 Å². The summed E-state index contributed by atoms with van der Waals surface area (Å²) >= 11 is 0. The van der Waals surface area contributed by atoms with Gasteiger partial charge in [0, 0.05) is 45.3 Å². The molecule has 0 aliphatic carbocycles. The van der Waals surface area contributed by atoms with Crippen LogP contribution in [0.25, 0.3) is 0 Å². The smallest absolute Gasteiger partial charge is 0.364 e. The van der Waals surface area contributed by atoms with Crippen molar-refractivity contribution < 1.29 is 111 Å². The lowest BCUT2D eigenvalue weighted by Crippen LogP contribution is -2.74. The molecule has 68 heavy (non-hydrogen) atoms. The third-order valence-electron chi connectivity index (χ3n) is 9.66. The summed E-state index contributed by atoms with van der Waals surface area (Å²) < 4.78 is 307. The average molecular weight is 1050 g/mol. The van der Waals surface area contributed by atoms with Crippen LogP contribution in [-0.2, 0) is 34.3 Å². The topological polar surface area (TPSA) is 146 Å². The highest BCUT2D eigenvalue weighted by molar-refractivity contribution is 7.89. The molecule has 0 bridgehead atoms. The summed E-state index contributed by atoms with van der Waals surface area (Å²) in [5.74, 6) is -56.1. The van der Waals surface area contributed by atoms with E-state index >= 15 is 0 Å². The summed E-state index contributed by atoms with van der Waals surface area (Å²) in [6.45, 7) is -0.589. The molecule has 0 saturated carbocycles. The third kappa shape index (κ3) is 10.9. The SMILES string of the molecule is C#CCN(C[C@@H]1C=C[C@@H](OCC(=C)CN(CCC(F)(F)C(F)(F)C(F)(F)C(F)(F)C(F)(F)C(F)(F)C(F)(F)C(F)(F)F)S(=O)(=O)c2ccc(C)cc2)[C@@H](OC)O1)S(=O)(=O)c1ccc([N+](=O)[O-])cc1. The van der Waals surface area contributed by atoms with Gasteiger partial charge in [-0.2, -0.15) is 83.2 Å². The van der Waals surface area contributed by atoms with E-state index in [1.165, 1.54) is 19.1 Å². The van der Waals surface area contributed by atoms with E-state index in [0.717, 1.165) is 59.9 Å². The summed E-state index contributed by atoms with van der Waals surface area (Å²) in [6, 6.07) is 7.49. The quantitative estimate of drug-likeness (QED) is 0.0352. The molecule has 31 heteroatoms. The minimum atomic E-state index is -8.85. The zero-order valence-electron chi connectivity index (χ0n) is 34.3. The van der Waals surface area contributed by atoms with Crippen LogP contribution in [-0.4, -0.2) is 136 Å². The third-order valence-corrected chi connectivity index (χ3v) is 13.3. The van der Waals surface area contributed by atoms with Gasteiger partial charge in [0.05, 0.1) is 34.0 Å². The van der Waals surface area contributed by atoms with Crippen molar-refractivity contribution in [3.63, 3.8) is 0 Å². The van der Waals surface area contributed by atoms with Crippen molar-refractivity contribution in [3.8, 4) is 12.3 Å². The summed E-state index contributed by atoms with van der Waals surface area (Å²) in [7, 11) is -8.68. The van der Waals surface area contributed by atoms with Crippen molar-refractivity contribution in [2.75, 3.05) is 39.9 Å². The van der Waals surface area contributed by atoms with Crippen LogP contribution in [0.5, 0.6) is 0 Å². The Morgan fingerprint density at radius 2 is 1.21 bits per heavy atom. The molecule has 2 aromatic carbocycles. The molecular weight excluding hydrogens is 1020 g/mol. The normalized spacial score (nSPS) is 18.5. The molecule has 382 valence electrons. The number of nitro groups is 1. The van der Waals surface area contributed by atoms with E-state index < -0.39 is 151 Å². The first-order valence-corrected chi connectivity index (χ1v) is 21.2. The van der Waals surface area contributed by atoms with Gasteiger partial charge in [-0.3, -0.25) is 10.1 Å². The monoisotopic (exact) mass is 1050 g/mol. The minimum absolute atomic E-state index is 0.223. The predicted molar refractivity (Wildman–Crippen MR) is 200 cm³/mol. The largest absolute Gasteiger partial charge is 0.460 e. The zero-order chi connectivity index (χ0) is 52.5. The lowest BCUT2D eigenvalue weighted by Gasteiger charge is -2.43. The van der Waals surface area contributed by atoms with Crippen molar-refractivity contribution >= 4 is 25.7 Å². The number of nitro benzene ring substituents is 1. The van der Waals surface area contributed by atoms with Crippen molar-refractivity contribution in [1.29, 1.82) is 0 Å². The Hall–Kier alpha value is -4.61. The van der Waals surface area contributed by atoms with Crippen molar-refractivity contribution in [3.05, 3.63) is 88.5 Å². The van der Waals surface area contributed by atoms with Gasteiger partial charge in [0.1, 0.15) is 6.10 Å². The molecule has 2 aromatic rings. The number of ether oxygens (including phenoxy) is 3. The highest BCUT2D eigenvalue weighted by Gasteiger charge is 2.95. The van der Waals surface area contributed by atoms with E-state index in [4.69, 9.17) is 20.6 Å². The number of non-ortho nitro benzene ring substituents is 1. The summed E-state index contributed by atoms with van der Waals surface area (Å²) in [5.41, 5.74) is -0.607. The molecule has 0 N–H and O–H groups in total. The van der Waals surface area contributed by atoms with Crippen LogP contribution in [0.3, 0.4) is 0 Å². The molecule has 0 aromatic heterocycles. The molecule has 0 saturated heterocycles. The number of rotatable bonds is 23. The number of terminal acetylenes is 1. The van der Waals surface area contributed by atoms with E-state index in [1.54, 1.807) is 0 Å². The minimum Gasteiger partial charge on any atom is -0.364 e. The van der Waals surface area contributed by atoms with E-state index in [0.29, 0.717) is 5.56 Å². The molecule has 0 unspecified atom stereocenters. The highest BCUT2D eigenvalue weighted by Crippen LogP contribution is 2.64. The maximum Gasteiger partial charge on any atom is 0.460 e. The number of halogens is 17. The predicted octanol–water partition coefficient (Wildman–Crippen LogP) is 8.49. The van der Waals surface area contributed by atoms with Crippen LogP contribution in [0.15, 0.2) is 82.6 Å². The standard InChI is InChI=1S/C37H34F17N3O9S2/c1-5-17-55(67(60,61)27-13-8-24(9-14-27)57(58)59)20-25-10-15-28(29(64-4)66-25)65-21-23(3)19-56(68(62,63)26-11-6-22(2)7-12-26)18-16-30(38,39)31(40,41)32(42,43)33(44,45)34(46,47)35(48,49)36(50,51)37(52,53)54/h1,6-15,25,28-29H,3,16-21H2,2,4H3/t25-,28+,29-/m0/s1. The molecule has 1 aliphatic rings. The Labute approximate surface area is 374 Å². The fourth-order valence-corrected chi connectivity index (χ4v) is 8.59. The summed E-state index contributed by atoms with van der Waals surface area (Å²) in [6.07, 6.45) is -7.23. The Bertz CT molecular complexity index is 2430. The molecule has 0 spiro atoms. The fourth-order valence-electron chi connectivity index (χ4n) is 5.76. The van der Waals surface area contributed by atoms with Gasteiger partial charge in [-0.05, 0) is 36.8 Å². The number of hydrogen-bond acceptors (Lipinski definition) is 9. The Morgan fingerprint density at radius 1 is 0.750 bits per heavy atom. The molecule has 0 fully saturated rings. The van der Waals surface area contributed by atoms with Gasteiger partial charge in [0.15, 0.2) is 6.29 Å². The second-order valence-corrected chi connectivity index (χ2v) is 18.4. The maximum absolute atomic E-state index is 15.0. The molecule has 1 aliphatic heterocycles. The van der Waals surface area contributed by atoms with Gasteiger partial charge in [-0.1, -0.05) is 42.3 Å². The van der Waals surface area contributed by atoms with Gasteiger partial charge in [-0.25, -0.2) is 16.8 Å². The number of methoxy groups -OCH3 is 1. The molecule has 0 radical (unpaired) electrons. The number of aryl methyl sites for hydroxylation is 1. The molecule has 1 heterocycles. The summed E-state index contributed by atoms with van der Waals surface area (Å²) in [4.78, 5) is 8.96. The first-order chi connectivity index (χ1) is 30.7. The summed E-state index contributed by atoms with van der Waals surface area (Å²) in [5, 5.41) is 11.0. The van der Waals surface area contributed by atoms with Crippen LogP contribution in [0, 0.1) is 29.4 Å². The first kappa shape index (κ1) is 57.7. The molecular formula is C37H34F17N3O9S2. The number of sulfonamides is 2. The lowest BCUT2D eigenvalue weighted by molar-refractivity contribution is -0.461. The number of nitrogens with zero attached hydrogens (tertiary/aromatic N) is 3. The average Bonchev–Trinajstić information content (AvgIpc) is 3.23. The zero-order valence-corrected chi connectivity index (χ0v) is 35.9. The Morgan fingerprint density at radius 3 is 1.66 bits per heavy atom. The van der Waals surface area contributed by atoms with Crippen LogP contribution in [0.4, 0.5) is 80.3 Å². The van der Waals surface area contributed by atoms with Gasteiger partial charge in [0.25, 0.3) is 5.69 Å². The van der Waals surface area contributed by atoms with Crippen LogP contribution in [0.1, 0.15) is 12.0 Å².